The van der Waals surface area contributed by atoms with Gasteiger partial charge in [0, 0.05) is 16.6 Å². The molecule has 0 amide bonds. The number of para-hydroxylation sites is 1. The Kier molecular flexibility index (Phi) is 5.38. The van der Waals surface area contributed by atoms with Crippen molar-refractivity contribution in [3.05, 3.63) is 52.5 Å². The van der Waals surface area contributed by atoms with E-state index < -0.39 is 0 Å². The lowest BCUT2D eigenvalue weighted by Gasteiger charge is -2.18. The van der Waals surface area contributed by atoms with Gasteiger partial charge in [-0.05, 0) is 58.9 Å². The van der Waals surface area contributed by atoms with Crippen molar-refractivity contribution in [2.24, 2.45) is 0 Å². The minimum atomic E-state index is 0.227. The van der Waals surface area contributed by atoms with Gasteiger partial charge >= 0.3 is 0 Å². The highest BCUT2D eigenvalue weighted by atomic mass is 79.9. The summed E-state index contributed by atoms with van der Waals surface area (Å²) in [6.07, 6.45) is 2.09. The summed E-state index contributed by atoms with van der Waals surface area (Å²) in [4.78, 5) is 1.26. The molecule has 0 aliphatic heterocycles. The number of rotatable bonds is 5. The van der Waals surface area contributed by atoms with Crippen LogP contribution in [0, 0.1) is 0 Å². The number of halogens is 1. The summed E-state index contributed by atoms with van der Waals surface area (Å²) in [6, 6.07) is 14.7. The van der Waals surface area contributed by atoms with E-state index in [1.54, 1.807) is 18.9 Å². The molecule has 4 heteroatoms. The zero-order valence-electron chi connectivity index (χ0n) is 11.8. The Morgan fingerprint density at radius 3 is 2.60 bits per heavy atom. The molecule has 0 bridgehead atoms. The SMILES string of the molecule is COc1ccc(C(C)Nc2ccccc2SC)cc1Br. The van der Waals surface area contributed by atoms with E-state index in [1.165, 1.54) is 16.1 Å². The molecular weight excluding hydrogens is 334 g/mol. The van der Waals surface area contributed by atoms with E-state index in [0.717, 1.165) is 10.2 Å². The fraction of sp³-hybridized carbons (Fsp3) is 0.250. The summed E-state index contributed by atoms with van der Waals surface area (Å²) in [5.41, 5.74) is 2.38. The highest BCUT2D eigenvalue weighted by molar-refractivity contribution is 9.10. The summed E-state index contributed by atoms with van der Waals surface area (Å²) in [5.74, 6) is 0.852. The molecule has 0 aliphatic carbocycles. The van der Waals surface area contributed by atoms with Crippen LogP contribution in [0.2, 0.25) is 0 Å². The second-order valence-corrected chi connectivity index (χ2v) is 6.16. The molecule has 2 aromatic carbocycles. The first-order valence-corrected chi connectivity index (χ1v) is 8.40. The third-order valence-corrected chi connectivity index (χ3v) is 4.57. The van der Waals surface area contributed by atoms with Crippen molar-refractivity contribution < 1.29 is 4.74 Å². The Morgan fingerprint density at radius 1 is 1.20 bits per heavy atom. The Balaban J connectivity index is 2.19. The molecule has 0 spiro atoms. The molecular formula is C16H18BrNOS. The van der Waals surface area contributed by atoms with Crippen LogP contribution in [-0.4, -0.2) is 13.4 Å². The minimum Gasteiger partial charge on any atom is -0.496 e. The summed E-state index contributed by atoms with van der Waals surface area (Å²) < 4.78 is 6.24. The van der Waals surface area contributed by atoms with Gasteiger partial charge in [-0.25, -0.2) is 0 Å². The number of ether oxygens (including phenoxy) is 1. The van der Waals surface area contributed by atoms with Gasteiger partial charge in [0.25, 0.3) is 0 Å². The van der Waals surface area contributed by atoms with E-state index in [4.69, 9.17) is 4.74 Å². The first-order valence-electron chi connectivity index (χ1n) is 6.38. The van der Waals surface area contributed by atoms with Gasteiger partial charge in [-0.1, -0.05) is 18.2 Å². The number of nitrogens with one attached hydrogen (secondary N) is 1. The van der Waals surface area contributed by atoms with E-state index in [2.05, 4.69) is 70.8 Å². The summed E-state index contributed by atoms with van der Waals surface area (Å²) in [7, 11) is 1.68. The smallest absolute Gasteiger partial charge is 0.133 e. The maximum absolute atomic E-state index is 5.26. The third kappa shape index (κ3) is 3.49. The molecule has 2 aromatic rings. The van der Waals surface area contributed by atoms with Crippen molar-refractivity contribution in [2.75, 3.05) is 18.7 Å². The van der Waals surface area contributed by atoms with Crippen LogP contribution in [-0.2, 0) is 0 Å². The van der Waals surface area contributed by atoms with Crippen molar-refractivity contribution in [2.45, 2.75) is 17.9 Å². The number of hydrogen-bond acceptors (Lipinski definition) is 3. The Hall–Kier alpha value is -1.13. The lowest BCUT2D eigenvalue weighted by atomic mass is 10.1. The largest absolute Gasteiger partial charge is 0.496 e. The molecule has 2 rings (SSSR count). The number of benzene rings is 2. The second-order valence-electron chi connectivity index (χ2n) is 4.46. The number of anilines is 1. The molecule has 20 heavy (non-hydrogen) atoms. The topological polar surface area (TPSA) is 21.3 Å². The van der Waals surface area contributed by atoms with Crippen LogP contribution in [0.25, 0.3) is 0 Å². The molecule has 0 saturated heterocycles. The van der Waals surface area contributed by atoms with Crippen molar-refractivity contribution >= 4 is 33.4 Å². The average molecular weight is 352 g/mol. The second kappa shape index (κ2) is 7.04. The highest BCUT2D eigenvalue weighted by Gasteiger charge is 2.10. The molecule has 1 atom stereocenters. The van der Waals surface area contributed by atoms with Crippen LogP contribution in [0.3, 0.4) is 0 Å². The zero-order chi connectivity index (χ0) is 14.5. The molecule has 0 radical (unpaired) electrons. The van der Waals surface area contributed by atoms with Gasteiger partial charge in [-0.3, -0.25) is 0 Å². The fourth-order valence-corrected chi connectivity index (χ4v) is 3.15. The van der Waals surface area contributed by atoms with Gasteiger partial charge in [0.05, 0.1) is 11.6 Å². The fourth-order valence-electron chi connectivity index (χ4n) is 2.03. The molecule has 2 nitrogen and oxygen atoms in total. The van der Waals surface area contributed by atoms with Crippen molar-refractivity contribution in [3.63, 3.8) is 0 Å². The minimum absolute atomic E-state index is 0.227. The first-order chi connectivity index (χ1) is 9.65. The molecule has 0 saturated carbocycles. The molecule has 106 valence electrons. The van der Waals surface area contributed by atoms with Gasteiger partial charge in [0.1, 0.15) is 5.75 Å². The quantitative estimate of drug-likeness (QED) is 0.733. The summed E-state index contributed by atoms with van der Waals surface area (Å²) in [6.45, 7) is 2.16. The molecule has 0 aromatic heterocycles. The maximum atomic E-state index is 5.26. The Bertz CT molecular complexity index is 588. The number of methoxy groups -OCH3 is 1. The van der Waals surface area contributed by atoms with Crippen molar-refractivity contribution in [1.29, 1.82) is 0 Å². The monoisotopic (exact) mass is 351 g/mol. The summed E-state index contributed by atoms with van der Waals surface area (Å²) >= 11 is 5.28. The Labute approximate surface area is 133 Å². The van der Waals surface area contributed by atoms with Gasteiger partial charge in [-0.2, -0.15) is 0 Å². The van der Waals surface area contributed by atoms with Crippen molar-refractivity contribution in [1.82, 2.24) is 0 Å². The van der Waals surface area contributed by atoms with Gasteiger partial charge < -0.3 is 10.1 Å². The predicted octanol–water partition coefficient (Wildman–Crippen LogP) is 5.35. The van der Waals surface area contributed by atoms with E-state index in [1.807, 2.05) is 6.07 Å². The average Bonchev–Trinajstić information content (AvgIpc) is 2.47. The molecule has 0 aliphatic rings. The maximum Gasteiger partial charge on any atom is 0.133 e. The van der Waals surface area contributed by atoms with Crippen LogP contribution in [0.15, 0.2) is 51.8 Å². The number of hydrogen-bond donors (Lipinski definition) is 1. The van der Waals surface area contributed by atoms with Crippen LogP contribution in [0.1, 0.15) is 18.5 Å². The van der Waals surface area contributed by atoms with Crippen LogP contribution >= 0.6 is 27.7 Å². The van der Waals surface area contributed by atoms with Crippen LogP contribution in [0.5, 0.6) is 5.75 Å². The van der Waals surface area contributed by atoms with Gasteiger partial charge in [0.2, 0.25) is 0 Å². The lowest BCUT2D eigenvalue weighted by molar-refractivity contribution is 0.412. The molecule has 1 N–H and O–H groups in total. The van der Waals surface area contributed by atoms with E-state index in [9.17, 15) is 0 Å². The zero-order valence-corrected chi connectivity index (χ0v) is 14.2. The number of thioether (sulfide) groups is 1. The predicted molar refractivity (Wildman–Crippen MR) is 91.0 cm³/mol. The normalized spacial score (nSPS) is 12.0. The van der Waals surface area contributed by atoms with Crippen molar-refractivity contribution in [3.8, 4) is 5.75 Å². The van der Waals surface area contributed by atoms with Gasteiger partial charge in [-0.15, -0.1) is 11.8 Å². The molecule has 0 fully saturated rings. The Morgan fingerprint density at radius 2 is 1.95 bits per heavy atom. The van der Waals surface area contributed by atoms with Crippen LogP contribution < -0.4 is 10.1 Å². The van der Waals surface area contributed by atoms with E-state index >= 15 is 0 Å². The molecule has 1 unspecified atom stereocenters. The third-order valence-electron chi connectivity index (χ3n) is 3.15. The van der Waals surface area contributed by atoms with E-state index in [0.29, 0.717) is 0 Å². The van der Waals surface area contributed by atoms with E-state index in [-0.39, 0.29) is 6.04 Å². The standard InChI is InChI=1S/C16H18BrNOS/c1-11(12-8-9-15(19-2)13(17)10-12)18-14-6-4-5-7-16(14)20-3/h4-11,18H,1-3H3. The first kappa shape index (κ1) is 15.3. The molecule has 0 heterocycles. The van der Waals surface area contributed by atoms with Gasteiger partial charge in [0.15, 0.2) is 0 Å². The highest BCUT2D eigenvalue weighted by Crippen LogP contribution is 2.31. The van der Waals surface area contributed by atoms with Crippen LogP contribution in [0.4, 0.5) is 5.69 Å². The lowest BCUT2D eigenvalue weighted by Crippen LogP contribution is -2.07. The summed E-state index contributed by atoms with van der Waals surface area (Å²) in [5, 5.41) is 3.56.